The number of hydrazone groups is 1. The number of nitrogens with zero attached hydrogens (tertiary/aromatic N) is 1. The minimum Gasteiger partial charge on any atom is -0.507 e. The molecule has 0 saturated heterocycles. The Morgan fingerprint density at radius 3 is 2.17 bits per heavy atom. The highest BCUT2D eigenvalue weighted by Gasteiger charge is 2.22. The number of carbonyl (C=O) groups is 2. The number of benzene rings is 3. The monoisotopic (exact) mass is 401 g/mol. The minimum atomic E-state index is -0.520. The predicted octanol–water partition coefficient (Wildman–Crippen LogP) is 3.10. The number of carbonyl (C=O) groups excluding carboxylic acids is 2. The van der Waals surface area contributed by atoms with E-state index in [0.29, 0.717) is 5.56 Å². The smallest absolute Gasteiger partial charge is 0.259 e. The first kappa shape index (κ1) is 20.8. The van der Waals surface area contributed by atoms with E-state index < -0.39 is 11.8 Å². The van der Waals surface area contributed by atoms with Crippen molar-refractivity contribution in [2.75, 3.05) is 6.54 Å². The summed E-state index contributed by atoms with van der Waals surface area (Å²) in [7, 11) is 0. The number of phenols is 1. The van der Waals surface area contributed by atoms with Crippen LogP contribution >= 0.6 is 0 Å². The van der Waals surface area contributed by atoms with Gasteiger partial charge in [0.05, 0.1) is 18.7 Å². The fourth-order valence-corrected chi connectivity index (χ4v) is 3.05. The van der Waals surface area contributed by atoms with Crippen molar-refractivity contribution in [2.45, 2.75) is 12.8 Å². The molecule has 0 saturated carbocycles. The van der Waals surface area contributed by atoms with Crippen molar-refractivity contribution in [2.24, 2.45) is 5.10 Å². The fourth-order valence-electron chi connectivity index (χ4n) is 3.05. The Balaban J connectivity index is 1.62. The quantitative estimate of drug-likeness (QED) is 0.420. The van der Waals surface area contributed by atoms with Crippen molar-refractivity contribution in [1.29, 1.82) is 0 Å². The standard InChI is InChI=1S/C24H23N3O3/c1-17-12-13-21(28)20(14-17)15-26-27-22(29)16-25-24(30)23(18-8-4-2-5-9-18)19-10-6-3-7-11-19/h2-15,23,28H,16H2,1H3,(H,25,30)(H,27,29)/b26-15-. The molecule has 3 aromatic carbocycles. The van der Waals surface area contributed by atoms with E-state index in [-0.39, 0.29) is 18.2 Å². The molecule has 0 aliphatic carbocycles. The molecular weight excluding hydrogens is 378 g/mol. The van der Waals surface area contributed by atoms with Crippen LogP contribution in [0, 0.1) is 6.92 Å². The van der Waals surface area contributed by atoms with Gasteiger partial charge in [0.15, 0.2) is 0 Å². The lowest BCUT2D eigenvalue weighted by Crippen LogP contribution is -2.37. The SMILES string of the molecule is Cc1ccc(O)c(/C=N\NC(=O)CNC(=O)C(c2ccccc2)c2ccccc2)c1. The topological polar surface area (TPSA) is 90.8 Å². The van der Waals surface area contributed by atoms with Gasteiger partial charge in [-0.1, -0.05) is 72.3 Å². The van der Waals surface area contributed by atoms with Gasteiger partial charge in [0.25, 0.3) is 5.91 Å². The summed E-state index contributed by atoms with van der Waals surface area (Å²) in [4.78, 5) is 24.9. The zero-order valence-corrected chi connectivity index (χ0v) is 16.6. The fraction of sp³-hybridized carbons (Fsp3) is 0.125. The molecule has 3 aromatic rings. The second kappa shape index (κ2) is 10.0. The number of rotatable bonds is 7. The van der Waals surface area contributed by atoms with Gasteiger partial charge in [-0.3, -0.25) is 9.59 Å². The Labute approximate surface area is 175 Å². The van der Waals surface area contributed by atoms with Crippen molar-refractivity contribution in [3.8, 4) is 5.75 Å². The Hall–Kier alpha value is -3.93. The molecule has 0 heterocycles. The molecule has 0 spiro atoms. The van der Waals surface area contributed by atoms with E-state index in [1.807, 2.05) is 67.6 Å². The molecule has 2 amide bonds. The second-order valence-corrected chi connectivity index (χ2v) is 6.83. The van der Waals surface area contributed by atoms with Crippen LogP contribution in [0.4, 0.5) is 0 Å². The summed E-state index contributed by atoms with van der Waals surface area (Å²) in [6, 6.07) is 23.9. The van der Waals surface area contributed by atoms with E-state index in [9.17, 15) is 14.7 Å². The first-order valence-corrected chi connectivity index (χ1v) is 9.53. The van der Waals surface area contributed by atoms with Crippen LogP contribution < -0.4 is 10.7 Å². The van der Waals surface area contributed by atoms with Gasteiger partial charge in [-0.05, 0) is 30.2 Å². The van der Waals surface area contributed by atoms with Gasteiger partial charge in [0.2, 0.25) is 5.91 Å². The normalized spacial score (nSPS) is 10.9. The molecule has 3 N–H and O–H groups in total. The molecule has 0 aliphatic heterocycles. The minimum absolute atomic E-state index is 0.0699. The van der Waals surface area contributed by atoms with Crippen molar-refractivity contribution in [1.82, 2.24) is 10.7 Å². The third-order valence-electron chi connectivity index (χ3n) is 4.53. The van der Waals surface area contributed by atoms with Crippen molar-refractivity contribution < 1.29 is 14.7 Å². The summed E-state index contributed by atoms with van der Waals surface area (Å²) in [5.74, 6) is -1.19. The zero-order valence-electron chi connectivity index (χ0n) is 16.6. The molecule has 0 aliphatic rings. The van der Waals surface area contributed by atoms with Gasteiger partial charge < -0.3 is 10.4 Å². The largest absolute Gasteiger partial charge is 0.507 e. The molecule has 30 heavy (non-hydrogen) atoms. The van der Waals surface area contributed by atoms with Crippen LogP contribution in [0.2, 0.25) is 0 Å². The molecule has 6 nitrogen and oxygen atoms in total. The first-order valence-electron chi connectivity index (χ1n) is 9.53. The Morgan fingerprint density at radius 1 is 0.967 bits per heavy atom. The first-order chi connectivity index (χ1) is 14.5. The highest BCUT2D eigenvalue weighted by atomic mass is 16.3. The lowest BCUT2D eigenvalue weighted by molar-refractivity contribution is -0.126. The lowest BCUT2D eigenvalue weighted by Gasteiger charge is -2.17. The van der Waals surface area contributed by atoms with Crippen LogP contribution in [0.5, 0.6) is 5.75 Å². The van der Waals surface area contributed by atoms with E-state index in [1.165, 1.54) is 6.21 Å². The zero-order chi connectivity index (χ0) is 21.3. The van der Waals surface area contributed by atoms with Crippen LogP contribution in [0.1, 0.15) is 28.2 Å². The van der Waals surface area contributed by atoms with Crippen LogP contribution in [-0.2, 0) is 9.59 Å². The summed E-state index contributed by atoms with van der Waals surface area (Å²) in [5.41, 5.74) is 5.49. The van der Waals surface area contributed by atoms with E-state index in [0.717, 1.165) is 16.7 Å². The maximum absolute atomic E-state index is 12.9. The molecule has 0 radical (unpaired) electrons. The van der Waals surface area contributed by atoms with E-state index in [2.05, 4.69) is 15.8 Å². The summed E-state index contributed by atoms with van der Waals surface area (Å²) < 4.78 is 0. The van der Waals surface area contributed by atoms with Gasteiger partial charge in [-0.2, -0.15) is 5.10 Å². The lowest BCUT2D eigenvalue weighted by atomic mass is 9.90. The highest BCUT2D eigenvalue weighted by Crippen LogP contribution is 2.24. The van der Waals surface area contributed by atoms with Gasteiger partial charge >= 0.3 is 0 Å². The predicted molar refractivity (Wildman–Crippen MR) is 116 cm³/mol. The van der Waals surface area contributed by atoms with Crippen LogP contribution in [0.25, 0.3) is 0 Å². The summed E-state index contributed by atoms with van der Waals surface area (Å²) >= 11 is 0. The molecule has 6 heteroatoms. The third kappa shape index (κ3) is 5.54. The average Bonchev–Trinajstić information content (AvgIpc) is 2.76. The molecule has 0 atom stereocenters. The number of phenolic OH excluding ortho intramolecular Hbond substituents is 1. The van der Waals surface area contributed by atoms with E-state index in [1.54, 1.807) is 18.2 Å². The molecule has 0 bridgehead atoms. The second-order valence-electron chi connectivity index (χ2n) is 6.83. The van der Waals surface area contributed by atoms with Gasteiger partial charge in [-0.25, -0.2) is 5.43 Å². The third-order valence-corrected chi connectivity index (χ3v) is 4.53. The van der Waals surface area contributed by atoms with Crippen LogP contribution in [0.3, 0.4) is 0 Å². The number of aryl methyl sites for hydroxylation is 1. The maximum atomic E-state index is 12.9. The molecular formula is C24H23N3O3. The van der Waals surface area contributed by atoms with Gasteiger partial charge in [0, 0.05) is 5.56 Å². The van der Waals surface area contributed by atoms with E-state index in [4.69, 9.17) is 0 Å². The Kier molecular flexibility index (Phi) is 6.95. The van der Waals surface area contributed by atoms with Crippen molar-refractivity contribution >= 4 is 18.0 Å². The molecule has 3 rings (SSSR count). The average molecular weight is 401 g/mol. The van der Waals surface area contributed by atoms with Crippen LogP contribution in [0.15, 0.2) is 84.0 Å². The molecule has 0 unspecified atom stereocenters. The Bertz CT molecular complexity index is 995. The van der Waals surface area contributed by atoms with Crippen molar-refractivity contribution in [3.05, 3.63) is 101 Å². The van der Waals surface area contributed by atoms with Crippen LogP contribution in [-0.4, -0.2) is 29.7 Å². The summed E-state index contributed by atoms with van der Waals surface area (Å²) in [6.07, 6.45) is 1.36. The molecule has 152 valence electrons. The van der Waals surface area contributed by atoms with E-state index >= 15 is 0 Å². The maximum Gasteiger partial charge on any atom is 0.259 e. The molecule has 0 aromatic heterocycles. The molecule has 0 fully saturated rings. The number of hydrogen-bond acceptors (Lipinski definition) is 4. The number of hydrogen-bond donors (Lipinski definition) is 3. The number of nitrogens with one attached hydrogen (secondary N) is 2. The number of aromatic hydroxyl groups is 1. The Morgan fingerprint density at radius 2 is 1.57 bits per heavy atom. The van der Waals surface area contributed by atoms with Gasteiger partial charge in [0.1, 0.15) is 5.75 Å². The summed E-state index contributed by atoms with van der Waals surface area (Å²) in [5, 5.41) is 16.3. The van der Waals surface area contributed by atoms with Crippen molar-refractivity contribution in [3.63, 3.8) is 0 Å². The highest BCUT2D eigenvalue weighted by molar-refractivity contribution is 5.91. The van der Waals surface area contributed by atoms with Gasteiger partial charge in [-0.15, -0.1) is 0 Å². The number of amides is 2. The summed E-state index contributed by atoms with van der Waals surface area (Å²) in [6.45, 7) is 1.67.